The Morgan fingerprint density at radius 3 is 2.55 bits per heavy atom. The van der Waals surface area contributed by atoms with Gasteiger partial charge in [0.25, 0.3) is 16.8 Å². The van der Waals surface area contributed by atoms with E-state index in [2.05, 4.69) is 0 Å². The van der Waals surface area contributed by atoms with Gasteiger partial charge in [-0.15, -0.1) is 0 Å². The Kier molecular flexibility index (Phi) is 5.62. The number of amides is 2. The molecule has 1 aromatic heterocycles. The van der Waals surface area contributed by atoms with E-state index < -0.39 is 21.9 Å². The molecular formula is C21H12ClFN2O5S. The van der Waals surface area contributed by atoms with Crippen LogP contribution in [0.2, 0.25) is 5.02 Å². The summed E-state index contributed by atoms with van der Waals surface area (Å²) in [5, 5.41) is 10.3. The number of benzene rings is 2. The molecular weight excluding hydrogens is 447 g/mol. The van der Waals surface area contributed by atoms with Crippen LogP contribution in [0, 0.1) is 15.9 Å². The first-order valence-corrected chi connectivity index (χ1v) is 10.1. The first kappa shape index (κ1) is 20.8. The van der Waals surface area contributed by atoms with E-state index in [4.69, 9.17) is 16.0 Å². The predicted molar refractivity (Wildman–Crippen MR) is 114 cm³/mol. The summed E-state index contributed by atoms with van der Waals surface area (Å²) < 4.78 is 19.7. The number of nitro benzene ring substituents is 1. The Morgan fingerprint density at radius 1 is 1.13 bits per heavy atom. The van der Waals surface area contributed by atoms with Gasteiger partial charge in [-0.2, -0.15) is 0 Å². The molecule has 1 fully saturated rings. The molecule has 0 aliphatic carbocycles. The fourth-order valence-electron chi connectivity index (χ4n) is 2.94. The van der Waals surface area contributed by atoms with E-state index in [1.54, 1.807) is 24.3 Å². The number of nitrogens with zero attached hydrogens (tertiary/aromatic N) is 2. The number of halogens is 2. The molecule has 0 radical (unpaired) electrons. The molecule has 0 saturated carbocycles. The number of hydrogen-bond acceptors (Lipinski definition) is 6. The summed E-state index contributed by atoms with van der Waals surface area (Å²) in [6.07, 6.45) is 1.42. The number of thioether (sulfide) groups is 1. The summed E-state index contributed by atoms with van der Waals surface area (Å²) in [5.41, 5.74) is 0.637. The lowest BCUT2D eigenvalue weighted by molar-refractivity contribution is -0.384. The molecule has 2 aromatic carbocycles. The second-order valence-corrected chi connectivity index (χ2v) is 7.87. The maximum atomic E-state index is 14.0. The third kappa shape index (κ3) is 4.23. The van der Waals surface area contributed by atoms with Gasteiger partial charge in [0, 0.05) is 34.4 Å². The lowest BCUT2D eigenvalue weighted by atomic mass is 10.1. The van der Waals surface area contributed by atoms with Crippen LogP contribution in [0.1, 0.15) is 11.3 Å². The van der Waals surface area contributed by atoms with E-state index in [9.17, 15) is 24.1 Å². The highest BCUT2D eigenvalue weighted by Gasteiger charge is 2.36. The molecule has 3 aromatic rings. The van der Waals surface area contributed by atoms with Gasteiger partial charge in [0.2, 0.25) is 0 Å². The maximum Gasteiger partial charge on any atom is 0.293 e. The van der Waals surface area contributed by atoms with Gasteiger partial charge in [0.1, 0.15) is 17.3 Å². The van der Waals surface area contributed by atoms with Crippen LogP contribution in [0.3, 0.4) is 0 Å². The van der Waals surface area contributed by atoms with Gasteiger partial charge in [0.15, 0.2) is 0 Å². The van der Waals surface area contributed by atoms with E-state index in [1.807, 2.05) is 0 Å². The van der Waals surface area contributed by atoms with Crippen LogP contribution in [-0.4, -0.2) is 21.0 Å². The van der Waals surface area contributed by atoms with Crippen molar-refractivity contribution in [2.75, 3.05) is 0 Å². The molecule has 156 valence electrons. The molecule has 1 saturated heterocycles. The largest absolute Gasteiger partial charge is 0.457 e. The Labute approximate surface area is 184 Å². The van der Waals surface area contributed by atoms with Crippen molar-refractivity contribution in [1.82, 2.24) is 4.90 Å². The molecule has 4 rings (SSSR count). The number of rotatable bonds is 5. The smallest absolute Gasteiger partial charge is 0.293 e. The van der Waals surface area contributed by atoms with Gasteiger partial charge in [-0.05, 0) is 48.2 Å². The fraction of sp³-hybridized carbons (Fsp3) is 0.0476. The summed E-state index contributed by atoms with van der Waals surface area (Å²) in [4.78, 5) is 36.3. The number of hydrogen-bond donors (Lipinski definition) is 0. The molecule has 10 heteroatoms. The van der Waals surface area contributed by atoms with Gasteiger partial charge in [-0.25, -0.2) is 4.39 Å². The molecule has 1 aliphatic heterocycles. The van der Waals surface area contributed by atoms with Crippen molar-refractivity contribution in [3.05, 3.63) is 91.8 Å². The SMILES string of the molecule is O=C1S/C(=C/c2ccc(-c3ccc([N+](=O)[O-])cc3)o2)C(=O)N1Cc1c(F)cccc1Cl. The number of imide groups is 1. The molecule has 0 bridgehead atoms. The van der Waals surface area contributed by atoms with Crippen molar-refractivity contribution in [2.45, 2.75) is 6.54 Å². The van der Waals surface area contributed by atoms with Crippen molar-refractivity contribution in [3.8, 4) is 11.3 Å². The highest BCUT2D eigenvalue weighted by Crippen LogP contribution is 2.35. The van der Waals surface area contributed by atoms with Gasteiger partial charge < -0.3 is 4.42 Å². The Hall–Kier alpha value is -3.43. The van der Waals surface area contributed by atoms with Crippen LogP contribution in [0.15, 0.2) is 63.9 Å². The molecule has 2 amide bonds. The Morgan fingerprint density at radius 2 is 1.87 bits per heavy atom. The Bertz CT molecular complexity index is 1220. The van der Waals surface area contributed by atoms with Crippen molar-refractivity contribution in [2.24, 2.45) is 0 Å². The quantitative estimate of drug-likeness (QED) is 0.269. The van der Waals surface area contributed by atoms with Crippen molar-refractivity contribution in [1.29, 1.82) is 0 Å². The standard InChI is InChI=1S/C21H12ClFN2O5S/c22-16-2-1-3-17(23)15(16)11-24-20(26)19(31-21(24)27)10-14-8-9-18(30-14)12-4-6-13(7-5-12)25(28)29/h1-10H,11H2/b19-10+. The molecule has 0 N–H and O–H groups in total. The number of furan rings is 1. The zero-order valence-electron chi connectivity index (χ0n) is 15.6. The molecule has 7 nitrogen and oxygen atoms in total. The lowest BCUT2D eigenvalue weighted by Crippen LogP contribution is -2.28. The summed E-state index contributed by atoms with van der Waals surface area (Å²) >= 11 is 6.71. The van der Waals surface area contributed by atoms with E-state index in [1.165, 1.54) is 36.4 Å². The summed E-state index contributed by atoms with van der Waals surface area (Å²) in [7, 11) is 0. The van der Waals surface area contributed by atoms with Gasteiger partial charge >= 0.3 is 0 Å². The molecule has 0 spiro atoms. The van der Waals surface area contributed by atoms with Crippen molar-refractivity contribution in [3.63, 3.8) is 0 Å². The van der Waals surface area contributed by atoms with Crippen LogP contribution >= 0.6 is 23.4 Å². The minimum absolute atomic E-state index is 0.0424. The minimum atomic E-state index is -0.602. The van der Waals surface area contributed by atoms with Gasteiger partial charge in [-0.1, -0.05) is 17.7 Å². The topological polar surface area (TPSA) is 93.7 Å². The summed E-state index contributed by atoms with van der Waals surface area (Å²) in [6.45, 7) is -0.278. The number of carbonyl (C=O) groups excluding carboxylic acids is 2. The summed E-state index contributed by atoms with van der Waals surface area (Å²) in [5.74, 6) is -0.418. The first-order valence-electron chi connectivity index (χ1n) is 8.86. The summed E-state index contributed by atoms with van der Waals surface area (Å²) in [6, 6.07) is 13.2. The number of nitro groups is 1. The van der Waals surface area contributed by atoms with Crippen molar-refractivity contribution >= 4 is 46.3 Å². The van der Waals surface area contributed by atoms with Crippen LogP contribution in [0.5, 0.6) is 0 Å². The molecule has 0 unspecified atom stereocenters. The average molecular weight is 459 g/mol. The molecule has 2 heterocycles. The predicted octanol–water partition coefficient (Wildman–Crippen LogP) is 5.88. The van der Waals surface area contributed by atoms with Crippen molar-refractivity contribution < 1.29 is 23.3 Å². The van der Waals surface area contributed by atoms with Gasteiger partial charge in [-0.3, -0.25) is 24.6 Å². The van der Waals surface area contributed by atoms with Crippen LogP contribution in [0.25, 0.3) is 17.4 Å². The normalized spacial score (nSPS) is 15.2. The molecule has 0 atom stereocenters. The lowest BCUT2D eigenvalue weighted by Gasteiger charge is -2.14. The van der Waals surface area contributed by atoms with E-state index in [0.29, 0.717) is 28.8 Å². The molecule has 1 aliphatic rings. The van der Waals surface area contributed by atoms with Gasteiger partial charge in [0.05, 0.1) is 16.4 Å². The van der Waals surface area contributed by atoms with E-state index in [0.717, 1.165) is 4.90 Å². The second-order valence-electron chi connectivity index (χ2n) is 6.47. The minimum Gasteiger partial charge on any atom is -0.457 e. The zero-order valence-corrected chi connectivity index (χ0v) is 17.2. The first-order chi connectivity index (χ1) is 14.8. The highest BCUT2D eigenvalue weighted by molar-refractivity contribution is 8.18. The number of carbonyl (C=O) groups is 2. The second kappa shape index (κ2) is 8.37. The van der Waals surface area contributed by atoms with E-state index in [-0.39, 0.29) is 27.7 Å². The molecule has 31 heavy (non-hydrogen) atoms. The van der Waals surface area contributed by atoms with Crippen LogP contribution in [-0.2, 0) is 11.3 Å². The Balaban J connectivity index is 1.54. The number of non-ortho nitro benzene ring substituents is 1. The average Bonchev–Trinajstić information content (AvgIpc) is 3.30. The third-order valence-electron chi connectivity index (χ3n) is 4.51. The zero-order chi connectivity index (χ0) is 22.1. The fourth-order valence-corrected chi connectivity index (χ4v) is 3.98. The van der Waals surface area contributed by atoms with Crippen LogP contribution in [0.4, 0.5) is 14.9 Å². The van der Waals surface area contributed by atoms with Crippen LogP contribution < -0.4 is 0 Å². The third-order valence-corrected chi connectivity index (χ3v) is 5.78. The highest BCUT2D eigenvalue weighted by atomic mass is 35.5. The monoisotopic (exact) mass is 458 g/mol. The maximum absolute atomic E-state index is 14.0. The van der Waals surface area contributed by atoms with E-state index >= 15 is 0 Å².